The van der Waals surface area contributed by atoms with E-state index in [0.29, 0.717) is 28.1 Å². The lowest BCUT2D eigenvalue weighted by molar-refractivity contribution is 0.0774. The van der Waals surface area contributed by atoms with Gasteiger partial charge in [-0.3, -0.25) is 4.79 Å². The Kier molecular flexibility index (Phi) is 4.99. The van der Waals surface area contributed by atoms with Crippen LogP contribution < -0.4 is 9.47 Å². The second-order valence-electron chi connectivity index (χ2n) is 5.22. The summed E-state index contributed by atoms with van der Waals surface area (Å²) >= 11 is 1.40. The van der Waals surface area contributed by atoms with Crippen molar-refractivity contribution >= 4 is 17.2 Å². The molecule has 1 amide bonds. The molecule has 0 radical (unpaired) electrons. The molecule has 0 saturated heterocycles. The van der Waals surface area contributed by atoms with E-state index in [9.17, 15) is 4.79 Å². The van der Waals surface area contributed by atoms with Crippen LogP contribution in [0.5, 0.6) is 11.5 Å². The van der Waals surface area contributed by atoms with Crippen molar-refractivity contribution in [2.45, 2.75) is 6.54 Å². The van der Waals surface area contributed by atoms with Gasteiger partial charge in [0.1, 0.15) is 6.54 Å². The number of rotatable bonds is 6. The lowest BCUT2D eigenvalue weighted by atomic mass is 10.2. The fourth-order valence-corrected chi connectivity index (χ4v) is 2.99. The third kappa shape index (κ3) is 3.63. The summed E-state index contributed by atoms with van der Waals surface area (Å²) in [5, 5.41) is 5.84. The number of ether oxygens (including phenoxy) is 2. The third-order valence-electron chi connectivity index (χ3n) is 3.56. The first-order chi connectivity index (χ1) is 12.1. The maximum Gasteiger partial charge on any atom is 0.264 e. The number of hydrogen-bond acceptors (Lipinski definition) is 7. The summed E-state index contributed by atoms with van der Waals surface area (Å²) in [4.78, 5) is 18.8. The maximum absolute atomic E-state index is 12.3. The Balaban J connectivity index is 1.75. The minimum absolute atomic E-state index is 0.0825. The highest BCUT2D eigenvalue weighted by atomic mass is 32.1. The molecule has 0 fully saturated rings. The number of thiophene rings is 1. The van der Waals surface area contributed by atoms with Crippen LogP contribution in [-0.2, 0) is 6.54 Å². The second-order valence-corrected chi connectivity index (χ2v) is 6.17. The lowest BCUT2D eigenvalue weighted by Gasteiger charge is -2.13. The van der Waals surface area contributed by atoms with E-state index in [2.05, 4.69) is 10.1 Å². The van der Waals surface area contributed by atoms with E-state index in [-0.39, 0.29) is 12.5 Å². The number of nitrogens with zero attached hydrogens (tertiary/aromatic N) is 3. The van der Waals surface area contributed by atoms with Crippen molar-refractivity contribution in [3.63, 3.8) is 0 Å². The van der Waals surface area contributed by atoms with E-state index in [1.165, 1.54) is 16.2 Å². The van der Waals surface area contributed by atoms with Crippen LogP contribution in [0.15, 0.2) is 40.2 Å². The van der Waals surface area contributed by atoms with Crippen molar-refractivity contribution in [3.05, 3.63) is 46.5 Å². The van der Waals surface area contributed by atoms with Crippen LogP contribution in [0.3, 0.4) is 0 Å². The number of carbonyl (C=O) groups is 1. The molecule has 25 heavy (non-hydrogen) atoms. The predicted octanol–water partition coefficient (Wildman–Crippen LogP) is 3.09. The molecule has 0 spiro atoms. The number of amides is 1. The number of hydrogen-bond donors (Lipinski definition) is 0. The van der Waals surface area contributed by atoms with Gasteiger partial charge in [0.15, 0.2) is 11.5 Å². The van der Waals surface area contributed by atoms with Gasteiger partial charge in [-0.05, 0) is 29.6 Å². The second kappa shape index (κ2) is 7.35. The zero-order valence-electron chi connectivity index (χ0n) is 14.1. The van der Waals surface area contributed by atoms with Crippen molar-refractivity contribution in [3.8, 4) is 22.9 Å². The monoisotopic (exact) mass is 359 g/mol. The molecule has 8 heteroatoms. The summed E-state index contributed by atoms with van der Waals surface area (Å²) in [6.07, 6.45) is 0. The summed E-state index contributed by atoms with van der Waals surface area (Å²) in [6.45, 7) is 0.233. The molecule has 3 aromatic rings. The van der Waals surface area contributed by atoms with Crippen LogP contribution in [0.2, 0.25) is 0 Å². The molecule has 0 unspecified atom stereocenters. The van der Waals surface area contributed by atoms with E-state index in [1.54, 1.807) is 39.5 Å². The van der Waals surface area contributed by atoms with Gasteiger partial charge < -0.3 is 18.9 Å². The van der Waals surface area contributed by atoms with Crippen LogP contribution in [0.25, 0.3) is 11.4 Å². The summed E-state index contributed by atoms with van der Waals surface area (Å²) in [7, 11) is 4.83. The first-order valence-corrected chi connectivity index (χ1v) is 8.34. The molecule has 0 bridgehead atoms. The molecule has 0 N–H and O–H groups in total. The Labute approximate surface area is 148 Å². The van der Waals surface area contributed by atoms with Crippen LogP contribution in [0.4, 0.5) is 0 Å². The standard InChI is InChI=1S/C17H17N3O4S/c1-20(17(21)14-5-4-8-25-14)10-15-18-16(19-24-15)11-6-7-12(22-2)13(9-11)23-3/h4-9H,10H2,1-3H3. The number of aromatic nitrogens is 2. The highest BCUT2D eigenvalue weighted by Crippen LogP contribution is 2.31. The lowest BCUT2D eigenvalue weighted by Crippen LogP contribution is -2.25. The Morgan fingerprint density at radius 2 is 2.04 bits per heavy atom. The topological polar surface area (TPSA) is 77.7 Å². The van der Waals surface area contributed by atoms with E-state index in [0.717, 1.165) is 5.56 Å². The summed E-state index contributed by atoms with van der Waals surface area (Å²) in [6, 6.07) is 8.99. The van der Waals surface area contributed by atoms with Gasteiger partial charge in [0.05, 0.1) is 19.1 Å². The van der Waals surface area contributed by atoms with Gasteiger partial charge in [0, 0.05) is 12.6 Å². The molecule has 130 valence electrons. The Hall–Kier alpha value is -2.87. The van der Waals surface area contributed by atoms with Crippen LogP contribution in [-0.4, -0.2) is 42.2 Å². The van der Waals surface area contributed by atoms with Gasteiger partial charge in [-0.15, -0.1) is 11.3 Å². The largest absolute Gasteiger partial charge is 0.493 e. The zero-order chi connectivity index (χ0) is 17.8. The quantitative estimate of drug-likeness (QED) is 0.673. The van der Waals surface area contributed by atoms with E-state index < -0.39 is 0 Å². The van der Waals surface area contributed by atoms with Gasteiger partial charge in [0.2, 0.25) is 11.7 Å². The summed E-state index contributed by atoms with van der Waals surface area (Å²) < 4.78 is 15.8. The molecule has 0 atom stereocenters. The Morgan fingerprint density at radius 3 is 2.72 bits per heavy atom. The van der Waals surface area contributed by atoms with Gasteiger partial charge >= 0.3 is 0 Å². The van der Waals surface area contributed by atoms with Crippen molar-refractivity contribution in [1.29, 1.82) is 0 Å². The molecule has 2 aromatic heterocycles. The van der Waals surface area contributed by atoms with Gasteiger partial charge in [0.25, 0.3) is 5.91 Å². The normalized spacial score (nSPS) is 10.5. The first kappa shape index (κ1) is 17.0. The van der Waals surface area contributed by atoms with E-state index in [4.69, 9.17) is 14.0 Å². The van der Waals surface area contributed by atoms with Crippen molar-refractivity contribution in [2.24, 2.45) is 0 Å². The fourth-order valence-electron chi connectivity index (χ4n) is 2.27. The number of methoxy groups -OCH3 is 2. The number of carbonyl (C=O) groups excluding carboxylic acids is 1. The van der Waals surface area contributed by atoms with Crippen LogP contribution in [0.1, 0.15) is 15.6 Å². The fraction of sp³-hybridized carbons (Fsp3) is 0.235. The van der Waals surface area contributed by atoms with Gasteiger partial charge in [-0.2, -0.15) is 4.98 Å². The van der Waals surface area contributed by atoms with Crippen LogP contribution in [0, 0.1) is 0 Å². The molecule has 0 aliphatic heterocycles. The summed E-state index contributed by atoms with van der Waals surface area (Å²) in [5.41, 5.74) is 0.736. The average Bonchev–Trinajstić information content (AvgIpc) is 3.32. The Morgan fingerprint density at radius 1 is 1.24 bits per heavy atom. The van der Waals surface area contributed by atoms with E-state index in [1.807, 2.05) is 17.5 Å². The van der Waals surface area contributed by atoms with Gasteiger partial charge in [-0.1, -0.05) is 11.2 Å². The van der Waals surface area contributed by atoms with E-state index >= 15 is 0 Å². The molecule has 2 heterocycles. The third-order valence-corrected chi connectivity index (χ3v) is 4.42. The number of benzene rings is 1. The molecule has 1 aromatic carbocycles. The average molecular weight is 359 g/mol. The van der Waals surface area contributed by atoms with Crippen molar-refractivity contribution in [2.75, 3.05) is 21.3 Å². The highest BCUT2D eigenvalue weighted by molar-refractivity contribution is 7.12. The molecular weight excluding hydrogens is 342 g/mol. The van der Waals surface area contributed by atoms with Crippen LogP contribution >= 0.6 is 11.3 Å². The molecule has 7 nitrogen and oxygen atoms in total. The Bertz CT molecular complexity index is 861. The molecule has 3 rings (SSSR count). The molecular formula is C17H17N3O4S. The van der Waals surface area contributed by atoms with Crippen molar-refractivity contribution in [1.82, 2.24) is 15.0 Å². The highest BCUT2D eigenvalue weighted by Gasteiger charge is 2.17. The summed E-state index contributed by atoms with van der Waals surface area (Å²) in [5.74, 6) is 1.90. The minimum Gasteiger partial charge on any atom is -0.493 e. The molecule has 0 saturated carbocycles. The van der Waals surface area contributed by atoms with Gasteiger partial charge in [-0.25, -0.2) is 0 Å². The predicted molar refractivity (Wildman–Crippen MR) is 93.0 cm³/mol. The zero-order valence-corrected chi connectivity index (χ0v) is 14.9. The molecule has 0 aliphatic carbocycles. The minimum atomic E-state index is -0.0825. The molecule has 0 aliphatic rings. The first-order valence-electron chi connectivity index (χ1n) is 7.46. The maximum atomic E-state index is 12.3. The SMILES string of the molecule is COc1ccc(-c2noc(CN(C)C(=O)c3cccs3)n2)cc1OC. The van der Waals surface area contributed by atoms with Crippen molar-refractivity contribution < 1.29 is 18.8 Å². The smallest absolute Gasteiger partial charge is 0.264 e.